The summed E-state index contributed by atoms with van der Waals surface area (Å²) >= 11 is 0. The predicted molar refractivity (Wildman–Crippen MR) is 144 cm³/mol. The van der Waals surface area contributed by atoms with E-state index in [-0.39, 0.29) is 31.9 Å². The molecule has 2 amide bonds. The molecule has 2 heterocycles. The van der Waals surface area contributed by atoms with Gasteiger partial charge < -0.3 is 20.3 Å². The smallest absolute Gasteiger partial charge is 0.408 e. The van der Waals surface area contributed by atoms with Crippen molar-refractivity contribution >= 4 is 12.0 Å². The lowest BCUT2D eigenvalue weighted by Gasteiger charge is -2.46. The highest BCUT2D eigenvalue weighted by atomic mass is 19.1. The van der Waals surface area contributed by atoms with Crippen molar-refractivity contribution in [3.05, 3.63) is 93.4 Å². The Balaban J connectivity index is 1.73. The molecular weight excluding hydrogens is 519 g/mol. The van der Waals surface area contributed by atoms with Crippen LogP contribution in [0.4, 0.5) is 9.18 Å². The number of ether oxygens (including phenoxy) is 1. The Morgan fingerprint density at radius 3 is 2.38 bits per heavy atom. The van der Waals surface area contributed by atoms with Gasteiger partial charge in [0.1, 0.15) is 17.2 Å². The summed E-state index contributed by atoms with van der Waals surface area (Å²) in [6.07, 6.45) is -1.60. The highest BCUT2D eigenvalue weighted by Crippen LogP contribution is 2.51. The molecule has 3 N–H and O–H groups in total. The lowest BCUT2D eigenvalue weighted by Crippen LogP contribution is -2.55. The Labute approximate surface area is 231 Å². The molecular formula is C29H33FN4O6. The molecule has 1 fully saturated rings. The van der Waals surface area contributed by atoms with Crippen LogP contribution in [0.2, 0.25) is 0 Å². The van der Waals surface area contributed by atoms with Gasteiger partial charge in [-0.25, -0.2) is 14.2 Å². The fourth-order valence-corrected chi connectivity index (χ4v) is 5.25. The van der Waals surface area contributed by atoms with Crippen LogP contribution in [0.25, 0.3) is 0 Å². The summed E-state index contributed by atoms with van der Waals surface area (Å²) in [6, 6.07) is 14.9. The van der Waals surface area contributed by atoms with Gasteiger partial charge in [-0.3, -0.25) is 19.1 Å². The second kappa shape index (κ2) is 11.1. The molecule has 2 aromatic carbocycles. The second-order valence-corrected chi connectivity index (χ2v) is 10.9. The molecule has 212 valence electrons. The monoisotopic (exact) mass is 552 g/mol. The number of nitrogens with one attached hydrogen (secondary N) is 1. The van der Waals surface area contributed by atoms with Gasteiger partial charge in [0, 0.05) is 20.0 Å². The Morgan fingerprint density at radius 2 is 1.77 bits per heavy atom. The van der Waals surface area contributed by atoms with Crippen LogP contribution >= 0.6 is 0 Å². The first-order chi connectivity index (χ1) is 18.8. The zero-order chi connectivity index (χ0) is 29.2. The van der Waals surface area contributed by atoms with Crippen molar-refractivity contribution in [1.29, 1.82) is 0 Å². The van der Waals surface area contributed by atoms with Gasteiger partial charge in [0.05, 0.1) is 19.3 Å². The quantitative estimate of drug-likeness (QED) is 0.406. The number of aromatic hydroxyl groups is 1. The van der Waals surface area contributed by atoms with E-state index < -0.39 is 51.9 Å². The van der Waals surface area contributed by atoms with Crippen LogP contribution in [0.5, 0.6) is 5.75 Å². The first kappa shape index (κ1) is 28.8. The number of carbonyl (C=O) groups excluding carboxylic acids is 1. The van der Waals surface area contributed by atoms with E-state index in [0.717, 1.165) is 10.1 Å². The second-order valence-electron chi connectivity index (χ2n) is 10.9. The molecule has 0 saturated carbocycles. The summed E-state index contributed by atoms with van der Waals surface area (Å²) in [5.41, 5.74) is -2.09. The van der Waals surface area contributed by atoms with Gasteiger partial charge in [0.2, 0.25) is 5.75 Å². The molecule has 0 radical (unpaired) electrons. The first-order valence-corrected chi connectivity index (χ1v) is 12.8. The van der Waals surface area contributed by atoms with Gasteiger partial charge >= 0.3 is 6.09 Å². The molecule has 2 atom stereocenters. The average Bonchev–Trinajstić information content (AvgIpc) is 3.32. The topological polar surface area (TPSA) is 134 Å². The summed E-state index contributed by atoms with van der Waals surface area (Å²) in [6.45, 7) is 5.76. The number of rotatable bonds is 7. The van der Waals surface area contributed by atoms with Gasteiger partial charge in [0.25, 0.3) is 11.5 Å². The fourth-order valence-electron chi connectivity index (χ4n) is 5.25. The molecule has 0 aliphatic carbocycles. The first-order valence-electron chi connectivity index (χ1n) is 12.8. The van der Waals surface area contributed by atoms with E-state index in [1.807, 2.05) is 51.1 Å². The maximum absolute atomic E-state index is 13.2. The molecule has 1 aliphatic rings. The number of aromatic nitrogens is 2. The minimum atomic E-state index is -1.38. The Bertz CT molecular complexity index is 1450. The highest BCUT2D eigenvalue weighted by Gasteiger charge is 2.59. The molecule has 1 aromatic heterocycles. The van der Waals surface area contributed by atoms with E-state index >= 15 is 0 Å². The summed E-state index contributed by atoms with van der Waals surface area (Å²) in [4.78, 5) is 44.6. The van der Waals surface area contributed by atoms with E-state index in [4.69, 9.17) is 4.74 Å². The number of likely N-dealkylation sites (tertiary alicyclic amines) is 1. The zero-order valence-electron chi connectivity index (χ0n) is 22.8. The zero-order valence-corrected chi connectivity index (χ0v) is 22.8. The summed E-state index contributed by atoms with van der Waals surface area (Å²) < 4.78 is 20.5. The third kappa shape index (κ3) is 5.42. The van der Waals surface area contributed by atoms with Crippen molar-refractivity contribution in [1.82, 2.24) is 19.8 Å². The van der Waals surface area contributed by atoms with Crippen molar-refractivity contribution < 1.29 is 28.9 Å². The summed E-state index contributed by atoms with van der Waals surface area (Å²) in [7, 11) is 1.39. The van der Waals surface area contributed by atoms with Gasteiger partial charge in [-0.1, -0.05) is 63.2 Å². The van der Waals surface area contributed by atoms with E-state index in [9.17, 15) is 29.0 Å². The number of carbonyl (C=O) groups is 2. The van der Waals surface area contributed by atoms with Crippen LogP contribution in [0.3, 0.4) is 0 Å². The Hall–Kier alpha value is -4.25. The van der Waals surface area contributed by atoms with Crippen LogP contribution in [0, 0.1) is 11.2 Å². The maximum Gasteiger partial charge on any atom is 0.408 e. The summed E-state index contributed by atoms with van der Waals surface area (Å²) in [5, 5.41) is 23.5. The Morgan fingerprint density at radius 1 is 1.12 bits per heavy atom. The fraction of sp³-hybridized carbons (Fsp3) is 0.379. The van der Waals surface area contributed by atoms with Crippen molar-refractivity contribution in [2.24, 2.45) is 12.5 Å². The molecule has 1 aliphatic heterocycles. The normalized spacial score (nSPS) is 19.0. The molecule has 4 rings (SSSR count). The molecule has 40 heavy (non-hydrogen) atoms. The van der Waals surface area contributed by atoms with Crippen molar-refractivity contribution in [3.8, 4) is 5.75 Å². The maximum atomic E-state index is 13.2. The van der Waals surface area contributed by atoms with Crippen LogP contribution in [-0.4, -0.2) is 49.3 Å². The van der Waals surface area contributed by atoms with Crippen LogP contribution in [0.15, 0.2) is 59.4 Å². The van der Waals surface area contributed by atoms with Crippen LogP contribution < -0.4 is 10.9 Å². The number of halogens is 1. The van der Waals surface area contributed by atoms with Crippen LogP contribution in [-0.2, 0) is 30.5 Å². The highest BCUT2D eigenvalue weighted by molar-refractivity contribution is 5.94. The molecule has 0 unspecified atom stereocenters. The SMILES string of the molecule is Cn1c([C@@]2(C(C)(C)C)C[C@@H](OCc3ccccc3)CN2C(=O)O)nc(C(=O)NCc2ccc(F)cc2)c(O)c1=O. The van der Waals surface area contributed by atoms with E-state index in [1.165, 1.54) is 36.2 Å². The minimum Gasteiger partial charge on any atom is -0.501 e. The number of nitrogens with zero attached hydrogens (tertiary/aromatic N) is 3. The molecule has 11 heteroatoms. The van der Waals surface area contributed by atoms with Crippen LogP contribution in [0.1, 0.15) is 54.6 Å². The molecule has 0 spiro atoms. The largest absolute Gasteiger partial charge is 0.501 e. The minimum absolute atomic E-state index is 0.00809. The molecule has 1 saturated heterocycles. The van der Waals surface area contributed by atoms with Crippen molar-refractivity contribution in [2.45, 2.75) is 52.0 Å². The average molecular weight is 553 g/mol. The predicted octanol–water partition coefficient (Wildman–Crippen LogP) is 3.77. The third-order valence-electron chi connectivity index (χ3n) is 7.39. The van der Waals surface area contributed by atoms with Crippen molar-refractivity contribution in [2.75, 3.05) is 6.54 Å². The Kier molecular flexibility index (Phi) is 7.97. The van der Waals surface area contributed by atoms with E-state index in [0.29, 0.717) is 5.56 Å². The lowest BCUT2D eigenvalue weighted by atomic mass is 9.70. The standard InChI is InChI=1S/C29H33FN4O6/c1-28(2,3)29(14-21(16-34(29)27(38)39)40-17-19-8-6-5-7-9-19)26-32-22(23(35)25(37)33(26)4)24(36)31-15-18-10-12-20(30)13-11-18/h5-13,21,35H,14-17H2,1-4H3,(H,31,36)(H,38,39)/t21-,29-/m1/s1. The molecule has 3 aromatic rings. The number of carboxylic acid groups (broad SMARTS) is 1. The van der Waals surface area contributed by atoms with Crippen molar-refractivity contribution in [3.63, 3.8) is 0 Å². The number of hydrogen-bond donors (Lipinski definition) is 3. The molecule has 10 nitrogen and oxygen atoms in total. The number of benzene rings is 2. The lowest BCUT2D eigenvalue weighted by molar-refractivity contribution is 0.0143. The van der Waals surface area contributed by atoms with Gasteiger partial charge in [-0.05, 0) is 28.7 Å². The van der Waals surface area contributed by atoms with E-state index in [2.05, 4.69) is 10.3 Å². The summed E-state index contributed by atoms with van der Waals surface area (Å²) in [5.74, 6) is -2.10. The number of hydrogen-bond acceptors (Lipinski definition) is 6. The number of amides is 2. The van der Waals surface area contributed by atoms with Gasteiger partial charge in [0.15, 0.2) is 5.69 Å². The van der Waals surface area contributed by atoms with Gasteiger partial charge in [-0.15, -0.1) is 0 Å². The van der Waals surface area contributed by atoms with E-state index in [1.54, 1.807) is 0 Å². The van der Waals surface area contributed by atoms with Gasteiger partial charge in [-0.2, -0.15) is 0 Å². The third-order valence-corrected chi connectivity index (χ3v) is 7.39. The molecule has 0 bridgehead atoms.